The molecule has 1 rings (SSSR count). The van der Waals surface area contributed by atoms with Gasteiger partial charge in [0.1, 0.15) is 10.3 Å². The van der Waals surface area contributed by atoms with Crippen LogP contribution in [0.5, 0.6) is 5.88 Å². The monoisotopic (exact) mass is 244 g/mol. The largest absolute Gasteiger partial charge is 0.474 e. The third-order valence-electron chi connectivity index (χ3n) is 1.45. The molecule has 1 aromatic heterocycles. The lowest BCUT2D eigenvalue weighted by molar-refractivity contribution is 0.229. The van der Waals surface area contributed by atoms with E-state index in [2.05, 4.69) is 25.9 Å². The number of halogens is 1. The molecule has 0 N–H and O–H groups in total. The Morgan fingerprint density at radius 3 is 2.38 bits per heavy atom. The summed E-state index contributed by atoms with van der Waals surface area (Å²) in [7, 11) is 0. The van der Waals surface area contributed by atoms with Crippen molar-refractivity contribution in [1.29, 1.82) is 0 Å². The van der Waals surface area contributed by atoms with E-state index < -0.39 is 0 Å². The zero-order valence-corrected chi connectivity index (χ0v) is 9.84. The van der Waals surface area contributed by atoms with Gasteiger partial charge < -0.3 is 4.74 Å². The van der Waals surface area contributed by atoms with Crippen molar-refractivity contribution in [2.45, 2.75) is 33.8 Å². The first kappa shape index (κ1) is 10.4. The van der Waals surface area contributed by atoms with Crippen LogP contribution < -0.4 is 4.74 Å². The molecular weight excluding hydrogens is 232 g/mol. The van der Waals surface area contributed by atoms with Gasteiger partial charge >= 0.3 is 0 Å². The molecule has 0 aromatic carbocycles. The van der Waals surface area contributed by atoms with E-state index >= 15 is 0 Å². The highest BCUT2D eigenvalue weighted by molar-refractivity contribution is 9.10. The Balaban J connectivity index is 3.05. The summed E-state index contributed by atoms with van der Waals surface area (Å²) in [5.74, 6) is 1.36. The van der Waals surface area contributed by atoms with Crippen LogP contribution in [0.2, 0.25) is 0 Å². The number of aryl methyl sites for hydroxylation is 2. The van der Waals surface area contributed by atoms with Crippen molar-refractivity contribution in [3.8, 4) is 5.88 Å². The van der Waals surface area contributed by atoms with Gasteiger partial charge in [0, 0.05) is 0 Å². The van der Waals surface area contributed by atoms with Gasteiger partial charge in [-0.1, -0.05) is 0 Å². The Kier molecular flexibility index (Phi) is 3.25. The van der Waals surface area contributed by atoms with Crippen LogP contribution in [0.3, 0.4) is 0 Å². The predicted molar refractivity (Wildman–Crippen MR) is 55.0 cm³/mol. The summed E-state index contributed by atoms with van der Waals surface area (Å²) in [6, 6.07) is 0. The van der Waals surface area contributed by atoms with Gasteiger partial charge in [0.15, 0.2) is 0 Å². The summed E-state index contributed by atoms with van der Waals surface area (Å²) in [5, 5.41) is 0. The molecule has 0 saturated carbocycles. The van der Waals surface area contributed by atoms with E-state index in [0.29, 0.717) is 5.88 Å². The van der Waals surface area contributed by atoms with E-state index in [4.69, 9.17) is 4.74 Å². The fourth-order valence-corrected chi connectivity index (χ4v) is 1.24. The maximum absolute atomic E-state index is 5.51. The highest BCUT2D eigenvalue weighted by Crippen LogP contribution is 2.25. The normalized spacial score (nSPS) is 10.6. The van der Waals surface area contributed by atoms with Crippen molar-refractivity contribution in [3.05, 3.63) is 16.0 Å². The van der Waals surface area contributed by atoms with Crippen LogP contribution in [0.15, 0.2) is 4.47 Å². The number of ether oxygens (including phenoxy) is 1. The minimum Gasteiger partial charge on any atom is -0.474 e. The van der Waals surface area contributed by atoms with Gasteiger partial charge in [0.25, 0.3) is 0 Å². The summed E-state index contributed by atoms with van der Waals surface area (Å²) in [6.45, 7) is 7.72. The van der Waals surface area contributed by atoms with Crippen molar-refractivity contribution >= 4 is 15.9 Å². The topological polar surface area (TPSA) is 35.0 Å². The number of nitrogens with zero attached hydrogens (tertiary/aromatic N) is 2. The minimum atomic E-state index is 0.130. The summed E-state index contributed by atoms with van der Waals surface area (Å²) >= 11 is 3.39. The average Bonchev–Trinajstić information content (AvgIpc) is 1.98. The molecule has 0 bridgehead atoms. The Bertz CT molecular complexity index is 313. The van der Waals surface area contributed by atoms with E-state index in [-0.39, 0.29) is 6.10 Å². The molecule has 3 nitrogen and oxygen atoms in total. The van der Waals surface area contributed by atoms with Crippen LogP contribution >= 0.6 is 15.9 Å². The lowest BCUT2D eigenvalue weighted by Crippen LogP contribution is -2.09. The van der Waals surface area contributed by atoms with E-state index in [1.165, 1.54) is 0 Å². The maximum atomic E-state index is 5.51. The van der Waals surface area contributed by atoms with Gasteiger partial charge in [-0.2, -0.15) is 4.98 Å². The second kappa shape index (κ2) is 4.05. The predicted octanol–water partition coefficient (Wildman–Crippen LogP) is 2.64. The Labute approximate surface area is 86.7 Å². The van der Waals surface area contributed by atoms with Crippen LogP contribution in [-0.4, -0.2) is 16.1 Å². The fraction of sp³-hybridized carbons (Fsp3) is 0.556. The Hall–Kier alpha value is -0.640. The quantitative estimate of drug-likeness (QED) is 0.803. The van der Waals surface area contributed by atoms with Crippen molar-refractivity contribution in [1.82, 2.24) is 9.97 Å². The van der Waals surface area contributed by atoms with Crippen molar-refractivity contribution in [2.75, 3.05) is 0 Å². The molecule has 1 heterocycles. The SMILES string of the molecule is Cc1nc(C)c(Br)c(OC(C)C)n1. The molecule has 72 valence electrons. The number of hydrogen-bond acceptors (Lipinski definition) is 3. The summed E-state index contributed by atoms with van der Waals surface area (Å²) < 4.78 is 6.35. The molecule has 0 amide bonds. The van der Waals surface area contributed by atoms with Crippen LogP contribution in [0.1, 0.15) is 25.4 Å². The van der Waals surface area contributed by atoms with Gasteiger partial charge in [-0.3, -0.25) is 0 Å². The molecule has 13 heavy (non-hydrogen) atoms. The van der Waals surface area contributed by atoms with Crippen LogP contribution in [-0.2, 0) is 0 Å². The highest BCUT2D eigenvalue weighted by atomic mass is 79.9. The lowest BCUT2D eigenvalue weighted by Gasteiger charge is -2.11. The average molecular weight is 245 g/mol. The smallest absolute Gasteiger partial charge is 0.231 e. The van der Waals surface area contributed by atoms with E-state index in [1.54, 1.807) is 0 Å². The van der Waals surface area contributed by atoms with Crippen LogP contribution in [0.25, 0.3) is 0 Å². The van der Waals surface area contributed by atoms with Crippen molar-refractivity contribution in [3.63, 3.8) is 0 Å². The third kappa shape index (κ3) is 2.66. The number of aromatic nitrogens is 2. The molecule has 0 unspecified atom stereocenters. The van der Waals surface area contributed by atoms with E-state index in [1.807, 2.05) is 27.7 Å². The highest BCUT2D eigenvalue weighted by Gasteiger charge is 2.09. The van der Waals surface area contributed by atoms with E-state index in [0.717, 1.165) is 16.0 Å². The minimum absolute atomic E-state index is 0.130. The lowest BCUT2D eigenvalue weighted by atomic mass is 10.4. The fourth-order valence-electron chi connectivity index (χ4n) is 0.969. The second-order valence-electron chi connectivity index (χ2n) is 3.14. The molecule has 0 spiro atoms. The first-order valence-corrected chi connectivity index (χ1v) is 4.97. The first-order chi connectivity index (χ1) is 6.00. The van der Waals surface area contributed by atoms with Gasteiger partial charge in [0.05, 0.1) is 11.8 Å². The first-order valence-electron chi connectivity index (χ1n) is 4.18. The molecule has 0 aliphatic carbocycles. The van der Waals surface area contributed by atoms with E-state index in [9.17, 15) is 0 Å². The molecule has 0 aliphatic heterocycles. The van der Waals surface area contributed by atoms with Crippen molar-refractivity contribution in [2.24, 2.45) is 0 Å². The maximum Gasteiger partial charge on any atom is 0.231 e. The standard InChI is InChI=1S/C9H13BrN2O/c1-5(2)13-9-8(10)6(3)11-7(4)12-9/h5H,1-4H3. The second-order valence-corrected chi connectivity index (χ2v) is 3.93. The molecule has 0 aliphatic rings. The Morgan fingerprint density at radius 2 is 1.85 bits per heavy atom. The van der Waals surface area contributed by atoms with Crippen LogP contribution in [0, 0.1) is 13.8 Å². The van der Waals surface area contributed by atoms with Gasteiger partial charge in [-0.15, -0.1) is 0 Å². The van der Waals surface area contributed by atoms with Gasteiger partial charge in [0.2, 0.25) is 5.88 Å². The summed E-state index contributed by atoms with van der Waals surface area (Å²) in [5.41, 5.74) is 0.906. The number of rotatable bonds is 2. The molecule has 0 radical (unpaired) electrons. The summed E-state index contributed by atoms with van der Waals surface area (Å²) in [4.78, 5) is 8.40. The third-order valence-corrected chi connectivity index (χ3v) is 2.36. The zero-order chi connectivity index (χ0) is 10.0. The molecule has 4 heteroatoms. The Morgan fingerprint density at radius 1 is 1.23 bits per heavy atom. The summed E-state index contributed by atoms with van der Waals surface area (Å²) in [6.07, 6.45) is 0.130. The number of hydrogen-bond donors (Lipinski definition) is 0. The molecule has 0 fully saturated rings. The zero-order valence-electron chi connectivity index (χ0n) is 8.26. The molecule has 1 aromatic rings. The van der Waals surface area contributed by atoms with Gasteiger partial charge in [-0.25, -0.2) is 4.98 Å². The molecular formula is C9H13BrN2O. The van der Waals surface area contributed by atoms with Crippen LogP contribution in [0.4, 0.5) is 0 Å². The van der Waals surface area contributed by atoms with Gasteiger partial charge in [-0.05, 0) is 43.6 Å². The molecule has 0 saturated heterocycles. The van der Waals surface area contributed by atoms with Crippen molar-refractivity contribution < 1.29 is 4.74 Å². The molecule has 0 atom stereocenters.